The van der Waals surface area contributed by atoms with Gasteiger partial charge in [0, 0.05) is 6.07 Å². The summed E-state index contributed by atoms with van der Waals surface area (Å²) in [6, 6.07) is 2.92. The van der Waals surface area contributed by atoms with Crippen LogP contribution >= 0.6 is 7.82 Å². The van der Waals surface area contributed by atoms with E-state index < -0.39 is 44.9 Å². The maximum atomic E-state index is 14.4. The summed E-state index contributed by atoms with van der Waals surface area (Å²) in [7, 11) is -4.57. The van der Waals surface area contributed by atoms with Crippen LogP contribution in [0.2, 0.25) is 0 Å². The van der Waals surface area contributed by atoms with E-state index >= 15 is 0 Å². The van der Waals surface area contributed by atoms with Crippen LogP contribution in [0.1, 0.15) is 36.4 Å². The molecule has 11 heteroatoms. The van der Waals surface area contributed by atoms with Crippen LogP contribution in [0.4, 0.5) is 4.39 Å². The monoisotopic (exact) mass is 392 g/mol. The number of ether oxygens (including phenoxy) is 1. The number of carbonyl (C=O) groups is 1. The van der Waals surface area contributed by atoms with Gasteiger partial charge in [0.15, 0.2) is 12.4 Å². The molecule has 1 aromatic rings. The Morgan fingerprint density at radius 2 is 2.27 bits per heavy atom. The molecule has 1 aliphatic rings. The highest BCUT2D eigenvalue weighted by Gasteiger charge is 2.50. The number of alkyl halides is 1. The van der Waals surface area contributed by atoms with E-state index in [2.05, 4.69) is 9.05 Å². The molecule has 2 rings (SSSR count). The highest BCUT2D eigenvalue weighted by atomic mass is 31.2. The molecule has 1 saturated heterocycles. The number of aliphatic hydroxyl groups excluding tert-OH is 1. The minimum Gasteiger partial charge on any atom is -0.756 e. The quantitative estimate of drug-likeness (QED) is 0.342. The van der Waals surface area contributed by atoms with Gasteiger partial charge in [-0.05, 0) is 12.5 Å². The first-order chi connectivity index (χ1) is 12.2. The molecular weight excluding hydrogens is 370 g/mol. The number of amides is 1. The van der Waals surface area contributed by atoms with Gasteiger partial charge >= 0.3 is 0 Å². The summed E-state index contributed by atoms with van der Waals surface area (Å²) in [6.45, 7) is 1.26. The Hall–Kier alpha value is -1.42. The van der Waals surface area contributed by atoms with Crippen LogP contribution in [0.25, 0.3) is 0 Å². The summed E-state index contributed by atoms with van der Waals surface area (Å²) in [5.41, 5.74) is 5.31. The zero-order chi connectivity index (χ0) is 19.3. The molecule has 0 saturated carbocycles. The Balaban J connectivity index is 2.00. The maximum absolute atomic E-state index is 14.4. The standard InChI is InChI=1S/C15H22FN2O7P/c1-2-3-7-23-26(21,22)24-9-11-13(19)12(16)15(25-11)18-6-4-5-10(8-18)14(17)20/h4-6,8,11-13,15,19H,2-3,7,9H2,1H3,(H2-,17,20,21,22)/t11-,12+,13-,15-/m1/s1. The lowest BCUT2D eigenvalue weighted by molar-refractivity contribution is -0.764. The van der Waals surface area contributed by atoms with Gasteiger partial charge in [-0.3, -0.25) is 9.36 Å². The number of aliphatic hydroxyl groups is 1. The highest BCUT2D eigenvalue weighted by molar-refractivity contribution is 7.45. The van der Waals surface area contributed by atoms with Crippen LogP contribution in [-0.2, 0) is 18.3 Å². The third-order valence-electron chi connectivity index (χ3n) is 3.84. The topological polar surface area (TPSA) is 135 Å². The fourth-order valence-corrected chi connectivity index (χ4v) is 3.16. The van der Waals surface area contributed by atoms with Crippen molar-refractivity contribution in [1.29, 1.82) is 0 Å². The van der Waals surface area contributed by atoms with Gasteiger partial charge in [-0.1, -0.05) is 13.3 Å². The average Bonchev–Trinajstić information content (AvgIpc) is 2.88. The van der Waals surface area contributed by atoms with Crippen molar-refractivity contribution < 1.29 is 42.1 Å². The molecule has 1 amide bonds. The Kier molecular flexibility index (Phi) is 7.22. The molecule has 5 atom stereocenters. The molecule has 0 aliphatic carbocycles. The van der Waals surface area contributed by atoms with Gasteiger partial charge in [0.1, 0.15) is 17.8 Å². The van der Waals surface area contributed by atoms with Crippen LogP contribution in [0.3, 0.4) is 0 Å². The molecule has 1 aliphatic heterocycles. The molecule has 146 valence electrons. The van der Waals surface area contributed by atoms with Crippen LogP contribution in [0.5, 0.6) is 0 Å². The minimum atomic E-state index is -4.57. The molecule has 1 fully saturated rings. The van der Waals surface area contributed by atoms with Gasteiger partial charge in [-0.15, -0.1) is 0 Å². The number of nitrogens with two attached hydrogens (primary N) is 1. The Bertz CT molecular complexity index is 677. The van der Waals surface area contributed by atoms with Gasteiger partial charge < -0.3 is 29.5 Å². The number of carbonyl (C=O) groups excluding carboxylic acids is 1. The molecule has 0 bridgehead atoms. The van der Waals surface area contributed by atoms with E-state index in [4.69, 9.17) is 10.5 Å². The second kappa shape index (κ2) is 8.98. The predicted molar refractivity (Wildman–Crippen MR) is 84.4 cm³/mol. The lowest BCUT2D eigenvalue weighted by Crippen LogP contribution is -2.45. The van der Waals surface area contributed by atoms with Crippen molar-refractivity contribution in [3.8, 4) is 0 Å². The van der Waals surface area contributed by atoms with Gasteiger partial charge in [0.2, 0.25) is 6.17 Å². The first-order valence-electron chi connectivity index (χ1n) is 8.13. The highest BCUT2D eigenvalue weighted by Crippen LogP contribution is 2.40. The number of phosphoric acid groups is 1. The first-order valence-corrected chi connectivity index (χ1v) is 9.59. The molecule has 3 N–H and O–H groups in total. The number of hydrogen-bond acceptors (Lipinski definition) is 7. The molecule has 1 unspecified atom stereocenters. The van der Waals surface area contributed by atoms with Crippen LogP contribution in [-0.4, -0.2) is 42.6 Å². The van der Waals surface area contributed by atoms with Crippen molar-refractivity contribution >= 4 is 13.7 Å². The Morgan fingerprint density at radius 1 is 1.54 bits per heavy atom. The summed E-state index contributed by atoms with van der Waals surface area (Å²) in [4.78, 5) is 22.8. The number of halogens is 1. The van der Waals surface area contributed by atoms with Gasteiger partial charge in [-0.25, -0.2) is 4.39 Å². The second-order valence-electron chi connectivity index (χ2n) is 5.83. The van der Waals surface area contributed by atoms with E-state index in [9.17, 15) is 23.7 Å². The van der Waals surface area contributed by atoms with E-state index in [-0.39, 0.29) is 12.2 Å². The van der Waals surface area contributed by atoms with Crippen molar-refractivity contribution in [1.82, 2.24) is 0 Å². The lowest BCUT2D eigenvalue weighted by Gasteiger charge is -2.24. The van der Waals surface area contributed by atoms with E-state index in [0.29, 0.717) is 6.42 Å². The summed E-state index contributed by atoms with van der Waals surface area (Å²) in [5.74, 6) is -0.704. The number of primary amides is 1. The predicted octanol–water partition coefficient (Wildman–Crippen LogP) is -0.0289. The molecule has 0 aromatic carbocycles. The normalized spacial score (nSPS) is 28.0. The summed E-state index contributed by atoms with van der Waals surface area (Å²) >= 11 is 0. The first kappa shape index (κ1) is 20.9. The van der Waals surface area contributed by atoms with Crippen LogP contribution in [0, 0.1) is 0 Å². The maximum Gasteiger partial charge on any atom is 0.297 e. The zero-order valence-corrected chi connectivity index (χ0v) is 15.1. The second-order valence-corrected chi connectivity index (χ2v) is 7.24. The number of nitrogens with zero attached hydrogens (tertiary/aromatic N) is 1. The third kappa shape index (κ3) is 5.29. The number of phosphoric ester groups is 1. The molecule has 0 spiro atoms. The lowest BCUT2D eigenvalue weighted by atomic mass is 10.1. The van der Waals surface area contributed by atoms with Crippen molar-refractivity contribution in [2.24, 2.45) is 5.73 Å². The molecule has 9 nitrogen and oxygen atoms in total. The average molecular weight is 392 g/mol. The fourth-order valence-electron chi connectivity index (χ4n) is 2.40. The summed E-state index contributed by atoms with van der Waals surface area (Å²) in [5, 5.41) is 9.96. The molecule has 2 heterocycles. The molecule has 26 heavy (non-hydrogen) atoms. The van der Waals surface area contributed by atoms with Gasteiger partial charge in [0.05, 0.1) is 13.2 Å². The number of rotatable bonds is 9. The van der Waals surface area contributed by atoms with Gasteiger partial charge in [0.25, 0.3) is 20.0 Å². The smallest absolute Gasteiger partial charge is 0.297 e. The van der Waals surface area contributed by atoms with Crippen LogP contribution < -0.4 is 15.2 Å². The molecule has 1 aromatic heterocycles. The summed E-state index contributed by atoms with van der Waals surface area (Å²) < 4.78 is 41.9. The SMILES string of the molecule is CCCCOP(=O)([O-])OC[C@H]1O[C@@H]([n+]2cccc(C(N)=O)c2)[C@@H](F)[C@@H]1O. The third-order valence-corrected chi connectivity index (χ3v) is 4.80. The van der Waals surface area contributed by atoms with Crippen molar-refractivity contribution in [2.45, 2.75) is 44.4 Å². The van der Waals surface area contributed by atoms with Crippen molar-refractivity contribution in [2.75, 3.05) is 13.2 Å². The summed E-state index contributed by atoms with van der Waals surface area (Å²) in [6.07, 6.45) is -1.95. The van der Waals surface area contributed by atoms with Crippen molar-refractivity contribution in [3.05, 3.63) is 30.1 Å². The van der Waals surface area contributed by atoms with E-state index in [0.717, 1.165) is 6.42 Å². The van der Waals surface area contributed by atoms with E-state index in [1.807, 2.05) is 6.92 Å². The number of unbranched alkanes of at least 4 members (excludes halogenated alkanes) is 1. The van der Waals surface area contributed by atoms with Crippen molar-refractivity contribution in [3.63, 3.8) is 0 Å². The fraction of sp³-hybridized carbons (Fsp3) is 0.600. The zero-order valence-electron chi connectivity index (χ0n) is 14.2. The van der Waals surface area contributed by atoms with E-state index in [1.54, 1.807) is 0 Å². The minimum absolute atomic E-state index is 0.0184. The Labute approximate surface area is 150 Å². The van der Waals surface area contributed by atoms with Gasteiger partial charge in [-0.2, -0.15) is 4.57 Å². The number of hydrogen-bond donors (Lipinski definition) is 2. The Morgan fingerprint density at radius 3 is 2.92 bits per heavy atom. The van der Waals surface area contributed by atoms with Crippen LogP contribution in [0.15, 0.2) is 24.5 Å². The van der Waals surface area contributed by atoms with E-state index in [1.165, 1.54) is 29.1 Å². The largest absolute Gasteiger partial charge is 0.756 e. The molecule has 0 radical (unpaired) electrons. The number of aromatic nitrogens is 1. The number of pyridine rings is 1. The molecular formula is C15H22FN2O7P.